The number of thiazole rings is 1. The summed E-state index contributed by atoms with van der Waals surface area (Å²) in [5.41, 5.74) is 2.68. The monoisotopic (exact) mass is 220 g/mol. The molecule has 0 aliphatic heterocycles. The standard InChI is InChI=1S/C10H12N4S/c1-2-4-7(3-1)9-12-10(14-13-9)8-5-15-6-11-8/h5-7H,1-4H2,(H,12,13,14). The van der Waals surface area contributed by atoms with Crippen LogP contribution in [-0.4, -0.2) is 20.2 Å². The van der Waals surface area contributed by atoms with Crippen molar-refractivity contribution in [2.75, 3.05) is 0 Å². The van der Waals surface area contributed by atoms with Crippen LogP contribution in [0.4, 0.5) is 0 Å². The molecule has 0 amide bonds. The summed E-state index contributed by atoms with van der Waals surface area (Å²) in [6, 6.07) is 0. The molecule has 1 fully saturated rings. The molecule has 0 bridgehead atoms. The predicted octanol–water partition coefficient (Wildman–Crippen LogP) is 2.59. The number of aromatic amines is 1. The summed E-state index contributed by atoms with van der Waals surface area (Å²) >= 11 is 1.57. The van der Waals surface area contributed by atoms with Gasteiger partial charge in [-0.25, -0.2) is 9.97 Å². The van der Waals surface area contributed by atoms with Gasteiger partial charge in [0.2, 0.25) is 5.82 Å². The fraction of sp³-hybridized carbons (Fsp3) is 0.500. The first kappa shape index (κ1) is 9.03. The Labute approximate surface area is 91.8 Å². The summed E-state index contributed by atoms with van der Waals surface area (Å²) in [5.74, 6) is 2.36. The van der Waals surface area contributed by atoms with E-state index in [0.717, 1.165) is 17.3 Å². The van der Waals surface area contributed by atoms with E-state index in [4.69, 9.17) is 0 Å². The van der Waals surface area contributed by atoms with Crippen LogP contribution in [-0.2, 0) is 0 Å². The molecule has 0 atom stereocenters. The quantitative estimate of drug-likeness (QED) is 0.846. The van der Waals surface area contributed by atoms with Crippen LogP contribution in [0.1, 0.15) is 37.4 Å². The number of rotatable bonds is 2. The minimum atomic E-state index is 0.588. The van der Waals surface area contributed by atoms with Crippen LogP contribution in [0.15, 0.2) is 10.9 Å². The van der Waals surface area contributed by atoms with E-state index in [2.05, 4.69) is 20.2 Å². The zero-order valence-corrected chi connectivity index (χ0v) is 9.13. The number of nitrogens with zero attached hydrogens (tertiary/aromatic N) is 3. The largest absolute Gasteiger partial charge is 0.262 e. The van der Waals surface area contributed by atoms with Gasteiger partial charge in [0.05, 0.1) is 5.51 Å². The molecule has 1 aliphatic rings. The van der Waals surface area contributed by atoms with Crippen LogP contribution in [0.5, 0.6) is 0 Å². The van der Waals surface area contributed by atoms with Crippen LogP contribution in [0.3, 0.4) is 0 Å². The molecule has 3 rings (SSSR count). The van der Waals surface area contributed by atoms with E-state index in [1.165, 1.54) is 25.7 Å². The molecular weight excluding hydrogens is 208 g/mol. The second kappa shape index (κ2) is 3.73. The lowest BCUT2D eigenvalue weighted by Crippen LogP contribution is -1.94. The van der Waals surface area contributed by atoms with Crippen LogP contribution in [0.25, 0.3) is 11.5 Å². The number of aromatic nitrogens is 4. The van der Waals surface area contributed by atoms with Crippen molar-refractivity contribution in [3.05, 3.63) is 16.7 Å². The molecule has 0 unspecified atom stereocenters. The van der Waals surface area contributed by atoms with Gasteiger partial charge < -0.3 is 0 Å². The molecule has 2 heterocycles. The third-order valence-electron chi connectivity index (χ3n) is 2.91. The summed E-state index contributed by atoms with van der Waals surface area (Å²) < 4.78 is 0. The molecule has 0 spiro atoms. The topological polar surface area (TPSA) is 54.5 Å². The lowest BCUT2D eigenvalue weighted by molar-refractivity contribution is 0.672. The Balaban J connectivity index is 1.87. The third kappa shape index (κ3) is 1.67. The Morgan fingerprint density at radius 1 is 1.33 bits per heavy atom. The molecule has 0 aromatic carbocycles. The molecule has 4 nitrogen and oxygen atoms in total. The molecule has 0 radical (unpaired) electrons. The van der Waals surface area contributed by atoms with Crippen molar-refractivity contribution >= 4 is 11.3 Å². The van der Waals surface area contributed by atoms with Gasteiger partial charge in [0.1, 0.15) is 11.5 Å². The zero-order chi connectivity index (χ0) is 10.1. The van der Waals surface area contributed by atoms with Crippen molar-refractivity contribution in [3.63, 3.8) is 0 Å². The van der Waals surface area contributed by atoms with Crippen molar-refractivity contribution < 1.29 is 0 Å². The summed E-state index contributed by atoms with van der Waals surface area (Å²) in [6.07, 6.45) is 5.12. The van der Waals surface area contributed by atoms with Gasteiger partial charge >= 0.3 is 0 Å². The van der Waals surface area contributed by atoms with Crippen LogP contribution in [0.2, 0.25) is 0 Å². The van der Waals surface area contributed by atoms with Crippen molar-refractivity contribution in [1.29, 1.82) is 0 Å². The fourth-order valence-corrected chi connectivity index (χ4v) is 2.62. The Bertz CT molecular complexity index is 428. The molecule has 2 aromatic heterocycles. The fourth-order valence-electron chi connectivity index (χ4n) is 2.09. The molecule has 0 saturated heterocycles. The van der Waals surface area contributed by atoms with E-state index in [9.17, 15) is 0 Å². The SMILES string of the molecule is c1nc(-c2n[nH]c(C3CCCC3)n2)cs1. The maximum absolute atomic E-state index is 4.51. The first-order valence-electron chi connectivity index (χ1n) is 5.24. The molecule has 5 heteroatoms. The third-order valence-corrected chi connectivity index (χ3v) is 3.49. The molecule has 1 saturated carbocycles. The van der Waals surface area contributed by atoms with Gasteiger partial charge in [-0.05, 0) is 12.8 Å². The van der Waals surface area contributed by atoms with Crippen molar-refractivity contribution in [3.8, 4) is 11.5 Å². The minimum absolute atomic E-state index is 0.588. The second-order valence-corrected chi connectivity index (χ2v) is 4.62. The number of nitrogens with one attached hydrogen (secondary N) is 1. The predicted molar refractivity (Wildman–Crippen MR) is 58.7 cm³/mol. The first-order valence-corrected chi connectivity index (χ1v) is 6.18. The smallest absolute Gasteiger partial charge is 0.200 e. The highest BCUT2D eigenvalue weighted by molar-refractivity contribution is 7.07. The van der Waals surface area contributed by atoms with Gasteiger partial charge in [-0.3, -0.25) is 5.10 Å². The van der Waals surface area contributed by atoms with Crippen molar-refractivity contribution in [2.24, 2.45) is 0 Å². The zero-order valence-electron chi connectivity index (χ0n) is 8.31. The van der Waals surface area contributed by atoms with E-state index < -0.39 is 0 Å². The van der Waals surface area contributed by atoms with E-state index in [-0.39, 0.29) is 0 Å². The Hall–Kier alpha value is -1.23. The average Bonchev–Trinajstić information content (AvgIpc) is 3.02. The molecule has 1 aliphatic carbocycles. The molecule has 1 N–H and O–H groups in total. The van der Waals surface area contributed by atoms with Crippen LogP contribution < -0.4 is 0 Å². The number of hydrogen-bond acceptors (Lipinski definition) is 4. The van der Waals surface area contributed by atoms with E-state index in [1.54, 1.807) is 16.8 Å². The van der Waals surface area contributed by atoms with Crippen molar-refractivity contribution in [1.82, 2.24) is 20.2 Å². The number of H-pyrrole nitrogens is 1. The van der Waals surface area contributed by atoms with Gasteiger partial charge in [-0.15, -0.1) is 11.3 Å². The van der Waals surface area contributed by atoms with Gasteiger partial charge in [0.25, 0.3) is 0 Å². The Morgan fingerprint density at radius 2 is 2.20 bits per heavy atom. The maximum Gasteiger partial charge on any atom is 0.200 e. The average molecular weight is 220 g/mol. The molecule has 78 valence electrons. The number of hydrogen-bond donors (Lipinski definition) is 1. The van der Waals surface area contributed by atoms with Crippen molar-refractivity contribution in [2.45, 2.75) is 31.6 Å². The summed E-state index contributed by atoms with van der Waals surface area (Å²) in [6.45, 7) is 0. The Kier molecular flexibility index (Phi) is 2.25. The lowest BCUT2D eigenvalue weighted by atomic mass is 10.1. The van der Waals surface area contributed by atoms with Crippen LogP contribution in [0, 0.1) is 0 Å². The van der Waals surface area contributed by atoms with E-state index in [0.29, 0.717) is 5.92 Å². The van der Waals surface area contributed by atoms with Gasteiger partial charge in [0.15, 0.2) is 0 Å². The van der Waals surface area contributed by atoms with Gasteiger partial charge in [0, 0.05) is 11.3 Å². The van der Waals surface area contributed by atoms with E-state index in [1.807, 2.05) is 5.38 Å². The van der Waals surface area contributed by atoms with Gasteiger partial charge in [-0.1, -0.05) is 12.8 Å². The highest BCUT2D eigenvalue weighted by Crippen LogP contribution is 2.32. The van der Waals surface area contributed by atoms with Gasteiger partial charge in [-0.2, -0.15) is 5.10 Å². The van der Waals surface area contributed by atoms with Crippen LogP contribution >= 0.6 is 11.3 Å². The minimum Gasteiger partial charge on any atom is -0.262 e. The highest BCUT2D eigenvalue weighted by Gasteiger charge is 2.21. The molecule has 15 heavy (non-hydrogen) atoms. The summed E-state index contributed by atoms with van der Waals surface area (Å²) in [4.78, 5) is 8.71. The summed E-state index contributed by atoms with van der Waals surface area (Å²) in [5, 5.41) is 9.22. The first-order chi connectivity index (χ1) is 7.43. The molecular formula is C10H12N4S. The second-order valence-electron chi connectivity index (χ2n) is 3.90. The highest BCUT2D eigenvalue weighted by atomic mass is 32.1. The normalized spacial score (nSPS) is 17.3. The van der Waals surface area contributed by atoms with E-state index >= 15 is 0 Å². The maximum atomic E-state index is 4.51. The molecule has 2 aromatic rings. The lowest BCUT2D eigenvalue weighted by Gasteiger charge is -2.01. The Morgan fingerprint density at radius 3 is 2.93 bits per heavy atom. The summed E-state index contributed by atoms with van der Waals surface area (Å²) in [7, 11) is 0.